The number of amides is 1. The Morgan fingerprint density at radius 2 is 1.79 bits per heavy atom. The molecule has 1 unspecified atom stereocenters. The molecule has 0 spiro atoms. The summed E-state index contributed by atoms with van der Waals surface area (Å²) >= 11 is 0. The molecule has 0 aliphatic heterocycles. The van der Waals surface area contributed by atoms with Gasteiger partial charge >= 0.3 is 0 Å². The van der Waals surface area contributed by atoms with Gasteiger partial charge in [-0.25, -0.2) is 0 Å². The molecule has 0 aliphatic carbocycles. The molecule has 1 heterocycles. The van der Waals surface area contributed by atoms with E-state index in [4.69, 9.17) is 9.15 Å². The van der Waals surface area contributed by atoms with Gasteiger partial charge in [-0.1, -0.05) is 24.3 Å². The van der Waals surface area contributed by atoms with Crippen LogP contribution < -0.4 is 10.6 Å². The lowest BCUT2D eigenvalue weighted by Gasteiger charge is -2.16. The fraction of sp³-hybridized carbons (Fsp3) is 0.217. The molecule has 6 nitrogen and oxygen atoms in total. The Bertz CT molecular complexity index is 967. The van der Waals surface area contributed by atoms with Gasteiger partial charge in [0.2, 0.25) is 5.91 Å². The Morgan fingerprint density at radius 3 is 2.55 bits per heavy atom. The van der Waals surface area contributed by atoms with E-state index in [0.29, 0.717) is 24.5 Å². The third-order valence-corrected chi connectivity index (χ3v) is 4.33. The second kappa shape index (κ2) is 9.71. The lowest BCUT2D eigenvalue weighted by atomic mass is 10.1. The van der Waals surface area contributed by atoms with Crippen molar-refractivity contribution in [1.29, 1.82) is 0 Å². The number of nitrogens with one attached hydrogen (secondary N) is 2. The van der Waals surface area contributed by atoms with Crippen molar-refractivity contribution in [3.63, 3.8) is 0 Å². The molecule has 3 aromatic rings. The van der Waals surface area contributed by atoms with Crippen LogP contribution in [0.25, 0.3) is 0 Å². The molecule has 1 aromatic heterocycles. The van der Waals surface area contributed by atoms with E-state index < -0.39 is 6.04 Å². The van der Waals surface area contributed by atoms with Crippen molar-refractivity contribution in [1.82, 2.24) is 0 Å². The van der Waals surface area contributed by atoms with E-state index in [1.165, 1.54) is 6.92 Å². The minimum atomic E-state index is -0.463. The summed E-state index contributed by atoms with van der Waals surface area (Å²) < 4.78 is 10.9. The molecular weight excluding hydrogens is 368 g/mol. The van der Waals surface area contributed by atoms with Crippen LogP contribution in [0.5, 0.6) is 0 Å². The molecule has 1 amide bonds. The van der Waals surface area contributed by atoms with E-state index >= 15 is 0 Å². The quantitative estimate of drug-likeness (QED) is 0.519. The van der Waals surface area contributed by atoms with Crippen molar-refractivity contribution in [2.24, 2.45) is 0 Å². The van der Waals surface area contributed by atoms with E-state index in [1.54, 1.807) is 37.5 Å². The fourth-order valence-electron chi connectivity index (χ4n) is 2.80. The molecule has 2 aromatic carbocycles. The van der Waals surface area contributed by atoms with Gasteiger partial charge in [0.05, 0.1) is 12.9 Å². The molecule has 1 atom stereocenters. The normalized spacial score (nSPS) is 11.7. The van der Waals surface area contributed by atoms with Crippen LogP contribution in [0, 0.1) is 0 Å². The van der Waals surface area contributed by atoms with Gasteiger partial charge in [0.15, 0.2) is 5.78 Å². The molecule has 150 valence electrons. The van der Waals surface area contributed by atoms with E-state index in [0.717, 1.165) is 17.0 Å². The number of ether oxygens (including phenoxy) is 1. The van der Waals surface area contributed by atoms with Gasteiger partial charge in [-0.3, -0.25) is 9.59 Å². The third kappa shape index (κ3) is 6.05. The van der Waals surface area contributed by atoms with E-state index in [9.17, 15) is 9.59 Å². The standard InChI is InChI=1S/C23H24N2O4/c1-16(23(27)25-21-9-4-7-19(13-21)17(2)26)24-20-8-3-6-18(12-20)14-28-15-22-10-5-11-29-22/h3-13,16,24H,14-15H2,1-2H3,(H,25,27). The maximum absolute atomic E-state index is 12.5. The Balaban J connectivity index is 1.54. The molecule has 0 fully saturated rings. The van der Waals surface area contributed by atoms with E-state index in [-0.39, 0.29) is 11.7 Å². The van der Waals surface area contributed by atoms with Gasteiger partial charge in [0, 0.05) is 16.9 Å². The average molecular weight is 392 g/mol. The first-order valence-electron chi connectivity index (χ1n) is 9.39. The molecule has 0 saturated heterocycles. The highest BCUT2D eigenvalue weighted by Gasteiger charge is 2.13. The van der Waals surface area contributed by atoms with Crippen LogP contribution in [-0.2, 0) is 22.7 Å². The largest absolute Gasteiger partial charge is 0.467 e. The molecule has 0 bridgehead atoms. The Kier molecular flexibility index (Phi) is 6.81. The van der Waals surface area contributed by atoms with Crippen LogP contribution in [0.1, 0.15) is 35.5 Å². The van der Waals surface area contributed by atoms with Crippen LogP contribution in [0.4, 0.5) is 11.4 Å². The van der Waals surface area contributed by atoms with Gasteiger partial charge in [0.25, 0.3) is 0 Å². The first-order valence-corrected chi connectivity index (χ1v) is 9.39. The lowest BCUT2D eigenvalue weighted by Crippen LogP contribution is -2.31. The van der Waals surface area contributed by atoms with Gasteiger partial charge in [-0.15, -0.1) is 0 Å². The number of furan rings is 1. The monoisotopic (exact) mass is 392 g/mol. The van der Waals surface area contributed by atoms with Crippen LogP contribution in [-0.4, -0.2) is 17.7 Å². The highest BCUT2D eigenvalue weighted by Crippen LogP contribution is 2.16. The van der Waals surface area contributed by atoms with Crippen LogP contribution in [0.2, 0.25) is 0 Å². The van der Waals surface area contributed by atoms with Crippen molar-refractivity contribution in [2.75, 3.05) is 10.6 Å². The highest BCUT2D eigenvalue weighted by molar-refractivity contribution is 5.99. The van der Waals surface area contributed by atoms with Gasteiger partial charge in [0.1, 0.15) is 18.4 Å². The van der Waals surface area contributed by atoms with E-state index in [2.05, 4.69) is 10.6 Å². The Labute approximate surface area is 169 Å². The summed E-state index contributed by atoms with van der Waals surface area (Å²) in [6.07, 6.45) is 1.62. The average Bonchev–Trinajstić information content (AvgIpc) is 3.22. The smallest absolute Gasteiger partial charge is 0.246 e. The Morgan fingerprint density at radius 1 is 1.00 bits per heavy atom. The molecule has 2 N–H and O–H groups in total. The molecule has 0 saturated carbocycles. The molecule has 0 aliphatic rings. The number of anilines is 2. The van der Waals surface area contributed by atoms with Crippen molar-refractivity contribution < 1.29 is 18.7 Å². The number of Topliss-reactive ketones (excluding diaryl/α,β-unsaturated/α-hetero) is 1. The number of hydrogen-bond acceptors (Lipinski definition) is 5. The summed E-state index contributed by atoms with van der Waals surface area (Å²) in [5, 5.41) is 6.02. The van der Waals surface area contributed by atoms with Gasteiger partial charge < -0.3 is 19.8 Å². The molecule has 3 rings (SSSR count). The first-order chi connectivity index (χ1) is 14.0. The topological polar surface area (TPSA) is 80.6 Å². The van der Waals surface area contributed by atoms with Gasteiger partial charge in [-0.2, -0.15) is 0 Å². The number of rotatable bonds is 9. The number of ketones is 1. The first kappa shape index (κ1) is 20.4. The summed E-state index contributed by atoms with van der Waals surface area (Å²) in [5.74, 6) is 0.543. The van der Waals surface area contributed by atoms with Crippen LogP contribution in [0.3, 0.4) is 0 Å². The number of carbonyl (C=O) groups is 2. The zero-order valence-electron chi connectivity index (χ0n) is 16.5. The number of benzene rings is 2. The highest BCUT2D eigenvalue weighted by atomic mass is 16.5. The van der Waals surface area contributed by atoms with Crippen molar-refractivity contribution in [2.45, 2.75) is 33.1 Å². The predicted molar refractivity (Wildman–Crippen MR) is 112 cm³/mol. The minimum absolute atomic E-state index is 0.0432. The molecule has 6 heteroatoms. The number of carbonyl (C=O) groups excluding carboxylic acids is 2. The van der Waals surface area contributed by atoms with E-state index in [1.807, 2.05) is 36.4 Å². The maximum atomic E-state index is 12.5. The van der Waals surface area contributed by atoms with Crippen LogP contribution in [0.15, 0.2) is 71.3 Å². The maximum Gasteiger partial charge on any atom is 0.246 e. The summed E-state index contributed by atoms with van der Waals surface area (Å²) in [4.78, 5) is 24.0. The summed E-state index contributed by atoms with van der Waals surface area (Å²) in [7, 11) is 0. The van der Waals surface area contributed by atoms with Gasteiger partial charge in [-0.05, 0) is 55.8 Å². The zero-order valence-corrected chi connectivity index (χ0v) is 16.5. The second-order valence-electron chi connectivity index (χ2n) is 6.76. The zero-order chi connectivity index (χ0) is 20.6. The minimum Gasteiger partial charge on any atom is -0.467 e. The Hall–Kier alpha value is -3.38. The molecule has 29 heavy (non-hydrogen) atoms. The van der Waals surface area contributed by atoms with Crippen molar-refractivity contribution in [3.8, 4) is 0 Å². The number of hydrogen-bond donors (Lipinski definition) is 2. The molecule has 0 radical (unpaired) electrons. The summed E-state index contributed by atoms with van der Waals surface area (Å²) in [6, 6.07) is 17.8. The van der Waals surface area contributed by atoms with Crippen LogP contribution >= 0.6 is 0 Å². The lowest BCUT2D eigenvalue weighted by molar-refractivity contribution is -0.116. The summed E-state index contributed by atoms with van der Waals surface area (Å²) in [5.41, 5.74) is 2.97. The van der Waals surface area contributed by atoms with Crippen molar-refractivity contribution >= 4 is 23.1 Å². The third-order valence-electron chi connectivity index (χ3n) is 4.33. The molecular formula is C23H24N2O4. The fourth-order valence-corrected chi connectivity index (χ4v) is 2.80. The SMILES string of the molecule is CC(=O)c1cccc(NC(=O)C(C)Nc2cccc(COCc3ccco3)c2)c1. The summed E-state index contributed by atoms with van der Waals surface area (Å²) in [6.45, 7) is 4.12. The van der Waals surface area contributed by atoms with Crippen molar-refractivity contribution in [3.05, 3.63) is 83.8 Å². The predicted octanol–water partition coefficient (Wildman–Crippen LogP) is 4.64. The second-order valence-corrected chi connectivity index (χ2v) is 6.76.